The van der Waals surface area contributed by atoms with Crippen molar-refractivity contribution in [2.24, 2.45) is 0 Å². The first-order chi connectivity index (χ1) is 8.79. The molecule has 1 aromatic rings. The Balaban J connectivity index is 2.67. The van der Waals surface area contributed by atoms with Crippen LogP contribution in [0.5, 0.6) is 0 Å². The standard InChI is InChI=1S/C14H24N2O2S/c1-11(17)9-13(16-19(18)14(2,3)4)10-12-7-5-6-8-15-12/h5-8,11,13,16-17H,9-10H2,1-4H3/t11-,13-,19?/m0/s1. The lowest BCUT2D eigenvalue weighted by Gasteiger charge is -2.28. The van der Waals surface area contributed by atoms with Gasteiger partial charge in [0.2, 0.25) is 0 Å². The number of aromatic nitrogens is 1. The van der Waals surface area contributed by atoms with E-state index in [-0.39, 0.29) is 10.8 Å². The number of rotatable bonds is 6. The maximum atomic E-state index is 12.1. The van der Waals surface area contributed by atoms with E-state index in [1.165, 1.54) is 0 Å². The molecule has 0 aliphatic carbocycles. The Kier molecular flexibility index (Phi) is 6.26. The van der Waals surface area contributed by atoms with Crippen LogP contribution >= 0.6 is 0 Å². The van der Waals surface area contributed by atoms with Gasteiger partial charge in [0.25, 0.3) is 0 Å². The average Bonchev–Trinajstić information content (AvgIpc) is 2.28. The topological polar surface area (TPSA) is 68.2 Å². The Morgan fingerprint density at radius 3 is 2.58 bits per heavy atom. The minimum atomic E-state index is -1.15. The van der Waals surface area contributed by atoms with E-state index < -0.39 is 17.5 Å². The molecule has 0 aliphatic rings. The third-order valence-electron chi connectivity index (χ3n) is 2.64. The molecule has 0 fully saturated rings. The summed E-state index contributed by atoms with van der Waals surface area (Å²) in [7, 11) is 0. The number of nitrogens with one attached hydrogen (secondary N) is 1. The minimum absolute atomic E-state index is 0.0463. The van der Waals surface area contributed by atoms with Crippen molar-refractivity contribution >= 4 is 11.4 Å². The zero-order chi connectivity index (χ0) is 14.5. The third kappa shape index (κ3) is 6.38. The summed E-state index contributed by atoms with van der Waals surface area (Å²) in [4.78, 5) is 4.27. The van der Waals surface area contributed by atoms with E-state index in [0.29, 0.717) is 12.8 Å². The van der Waals surface area contributed by atoms with Crippen LogP contribution in [0.4, 0.5) is 0 Å². The molecule has 5 heteroatoms. The predicted octanol–water partition coefficient (Wildman–Crippen LogP) is 1.82. The fourth-order valence-corrected chi connectivity index (χ4v) is 2.52. The van der Waals surface area contributed by atoms with Crippen molar-refractivity contribution in [1.82, 2.24) is 9.71 Å². The first-order valence-electron chi connectivity index (χ1n) is 6.55. The summed E-state index contributed by atoms with van der Waals surface area (Å²) in [5, 5.41) is 9.56. The van der Waals surface area contributed by atoms with Crippen molar-refractivity contribution in [2.45, 2.75) is 57.4 Å². The maximum Gasteiger partial charge on any atom is 0.136 e. The Labute approximate surface area is 119 Å². The van der Waals surface area contributed by atoms with Gasteiger partial charge < -0.3 is 9.66 Å². The van der Waals surface area contributed by atoms with Gasteiger partial charge in [-0.05, 0) is 46.2 Å². The van der Waals surface area contributed by atoms with Crippen molar-refractivity contribution in [3.8, 4) is 0 Å². The summed E-state index contributed by atoms with van der Waals surface area (Å²) in [5.74, 6) is 0. The lowest BCUT2D eigenvalue weighted by molar-refractivity contribution is 0.171. The Morgan fingerprint density at radius 2 is 2.11 bits per heavy atom. The Bertz CT molecular complexity index is 365. The van der Waals surface area contributed by atoms with Crippen molar-refractivity contribution < 1.29 is 9.66 Å². The van der Waals surface area contributed by atoms with Crippen molar-refractivity contribution in [3.05, 3.63) is 30.1 Å². The van der Waals surface area contributed by atoms with Gasteiger partial charge in [0, 0.05) is 29.7 Å². The monoisotopic (exact) mass is 284 g/mol. The van der Waals surface area contributed by atoms with Crippen LogP contribution in [0.15, 0.2) is 24.4 Å². The molecule has 0 amide bonds. The third-order valence-corrected chi connectivity index (χ3v) is 4.30. The molecule has 0 aliphatic heterocycles. The number of hydrogen-bond acceptors (Lipinski definition) is 4. The summed E-state index contributed by atoms with van der Waals surface area (Å²) < 4.78 is 14.9. The first-order valence-corrected chi connectivity index (χ1v) is 7.70. The Morgan fingerprint density at radius 1 is 1.42 bits per heavy atom. The molecule has 0 aromatic carbocycles. The second-order valence-electron chi connectivity index (χ2n) is 5.81. The van der Waals surface area contributed by atoms with Gasteiger partial charge in [-0.15, -0.1) is 4.72 Å². The van der Waals surface area contributed by atoms with E-state index in [1.54, 1.807) is 13.1 Å². The first kappa shape index (κ1) is 16.4. The fourth-order valence-electron chi connectivity index (χ4n) is 1.68. The highest BCUT2D eigenvalue weighted by Gasteiger charge is 2.29. The number of nitrogens with zero attached hydrogens (tertiary/aromatic N) is 1. The number of aliphatic hydroxyl groups is 1. The van der Waals surface area contributed by atoms with E-state index in [1.807, 2.05) is 39.0 Å². The molecule has 3 atom stereocenters. The zero-order valence-corrected chi connectivity index (χ0v) is 12.9. The van der Waals surface area contributed by atoms with E-state index in [2.05, 4.69) is 9.71 Å². The number of pyridine rings is 1. The average molecular weight is 284 g/mol. The quantitative estimate of drug-likeness (QED) is 0.782. The highest BCUT2D eigenvalue weighted by molar-refractivity contribution is 7.90. The van der Waals surface area contributed by atoms with E-state index in [9.17, 15) is 9.66 Å². The largest absolute Gasteiger partial charge is 0.598 e. The molecule has 1 unspecified atom stereocenters. The highest BCUT2D eigenvalue weighted by atomic mass is 32.2. The van der Waals surface area contributed by atoms with Gasteiger partial charge in [0.15, 0.2) is 0 Å². The number of aliphatic hydroxyl groups excluding tert-OH is 1. The van der Waals surface area contributed by atoms with Crippen LogP contribution in [0.3, 0.4) is 0 Å². The lowest BCUT2D eigenvalue weighted by atomic mass is 10.1. The van der Waals surface area contributed by atoms with Gasteiger partial charge >= 0.3 is 0 Å². The molecule has 1 rings (SSSR count). The molecule has 1 aromatic heterocycles. The molecule has 0 radical (unpaired) electrons. The summed E-state index contributed by atoms with van der Waals surface area (Å²) in [5.41, 5.74) is 0.937. The summed E-state index contributed by atoms with van der Waals surface area (Å²) in [6.45, 7) is 7.52. The highest BCUT2D eigenvalue weighted by Crippen LogP contribution is 2.16. The van der Waals surface area contributed by atoms with Gasteiger partial charge in [-0.1, -0.05) is 6.07 Å². The fraction of sp³-hybridized carbons (Fsp3) is 0.643. The minimum Gasteiger partial charge on any atom is -0.598 e. The molecule has 108 valence electrons. The van der Waals surface area contributed by atoms with Crippen LogP contribution in [-0.4, -0.2) is 31.5 Å². The van der Waals surface area contributed by atoms with E-state index in [4.69, 9.17) is 0 Å². The van der Waals surface area contributed by atoms with Gasteiger partial charge in [-0.3, -0.25) is 4.98 Å². The zero-order valence-electron chi connectivity index (χ0n) is 12.1. The predicted molar refractivity (Wildman–Crippen MR) is 79.1 cm³/mol. The van der Waals surface area contributed by atoms with Crippen LogP contribution in [-0.2, 0) is 17.8 Å². The molecule has 0 spiro atoms. The van der Waals surface area contributed by atoms with Crippen LogP contribution in [0.2, 0.25) is 0 Å². The summed E-state index contributed by atoms with van der Waals surface area (Å²) in [6.07, 6.45) is 2.53. The van der Waals surface area contributed by atoms with Gasteiger partial charge in [0.05, 0.1) is 12.1 Å². The summed E-state index contributed by atoms with van der Waals surface area (Å²) >= 11 is -1.15. The maximum absolute atomic E-state index is 12.1. The van der Waals surface area contributed by atoms with Crippen LogP contribution in [0, 0.1) is 0 Å². The molecule has 0 saturated carbocycles. The molecule has 2 N–H and O–H groups in total. The van der Waals surface area contributed by atoms with E-state index >= 15 is 0 Å². The SMILES string of the molecule is C[C@H](O)C[C@@H](Cc1ccccn1)N[S+]([O-])C(C)(C)C. The van der Waals surface area contributed by atoms with Crippen LogP contribution in [0.25, 0.3) is 0 Å². The molecule has 0 bridgehead atoms. The van der Waals surface area contributed by atoms with Crippen molar-refractivity contribution in [3.63, 3.8) is 0 Å². The second-order valence-corrected chi connectivity index (χ2v) is 7.80. The van der Waals surface area contributed by atoms with Gasteiger partial charge in [0.1, 0.15) is 4.75 Å². The Hall–Kier alpha value is -0.620. The molecular formula is C14H24N2O2S. The smallest absolute Gasteiger partial charge is 0.136 e. The van der Waals surface area contributed by atoms with Gasteiger partial charge in [-0.2, -0.15) is 0 Å². The van der Waals surface area contributed by atoms with Gasteiger partial charge in [-0.25, -0.2) is 0 Å². The van der Waals surface area contributed by atoms with Crippen molar-refractivity contribution in [2.75, 3.05) is 0 Å². The molecule has 1 heterocycles. The normalized spacial score (nSPS) is 16.9. The van der Waals surface area contributed by atoms with Crippen LogP contribution in [0.1, 0.15) is 39.8 Å². The lowest BCUT2D eigenvalue weighted by Crippen LogP contribution is -2.46. The summed E-state index contributed by atoms with van der Waals surface area (Å²) in [6, 6.07) is 5.70. The number of hydrogen-bond donors (Lipinski definition) is 2. The molecule has 4 nitrogen and oxygen atoms in total. The van der Waals surface area contributed by atoms with E-state index in [0.717, 1.165) is 5.69 Å². The molecular weight excluding hydrogens is 260 g/mol. The van der Waals surface area contributed by atoms with Crippen molar-refractivity contribution in [1.29, 1.82) is 0 Å². The molecule has 19 heavy (non-hydrogen) atoms. The second kappa shape index (κ2) is 7.24. The molecule has 0 saturated heterocycles. The van der Waals surface area contributed by atoms with Crippen LogP contribution < -0.4 is 4.72 Å².